The summed E-state index contributed by atoms with van der Waals surface area (Å²) >= 11 is 5.76. The van der Waals surface area contributed by atoms with E-state index in [1.165, 1.54) is 24.0 Å². The number of carboxylic acids is 1. The standard InChI is InChI=1S/C21H25ClN2O6S/c1-15(22)8-9-16(2)31(29,30)24-14-19(25)23(11-10-20(26)27)13-18(21(24)28)12-17-6-4-3-5-7-17/h3-9,18H,10-14H2,1-2H3,(H,26,27)/b15-8+,16-9+. The van der Waals surface area contributed by atoms with Crippen molar-refractivity contribution in [1.82, 2.24) is 9.21 Å². The Balaban J connectivity index is 2.43. The first-order chi connectivity index (χ1) is 14.5. The Morgan fingerprint density at radius 2 is 1.84 bits per heavy atom. The molecule has 2 amide bonds. The number of carboxylic acid groups (broad SMARTS) is 1. The van der Waals surface area contributed by atoms with Crippen LogP contribution in [0, 0.1) is 5.92 Å². The molecule has 8 nitrogen and oxygen atoms in total. The van der Waals surface area contributed by atoms with Crippen LogP contribution in [-0.2, 0) is 30.8 Å². The summed E-state index contributed by atoms with van der Waals surface area (Å²) < 4.78 is 26.7. The van der Waals surface area contributed by atoms with Gasteiger partial charge < -0.3 is 10.0 Å². The van der Waals surface area contributed by atoms with Gasteiger partial charge in [-0.15, -0.1) is 0 Å². The number of halogens is 1. The van der Waals surface area contributed by atoms with E-state index in [-0.39, 0.29) is 30.8 Å². The number of hydrogen-bond donors (Lipinski definition) is 1. The SMILES string of the molecule is C/C(Cl)=C\C=C(/C)S(=O)(=O)N1CC(=O)N(CCC(=O)O)CC(Cc2ccccc2)C1=O. The Kier molecular flexibility index (Phi) is 8.41. The molecule has 1 N–H and O–H groups in total. The van der Waals surface area contributed by atoms with Crippen molar-refractivity contribution in [2.75, 3.05) is 19.6 Å². The molecule has 1 fully saturated rings. The molecular formula is C21H25ClN2O6S. The summed E-state index contributed by atoms with van der Waals surface area (Å²) in [4.78, 5) is 38.1. The van der Waals surface area contributed by atoms with Gasteiger partial charge in [-0.1, -0.05) is 41.9 Å². The molecule has 2 rings (SSSR count). The van der Waals surface area contributed by atoms with E-state index >= 15 is 0 Å². The number of aliphatic carboxylic acids is 1. The van der Waals surface area contributed by atoms with Gasteiger partial charge in [0.2, 0.25) is 11.8 Å². The van der Waals surface area contributed by atoms with Crippen molar-refractivity contribution in [2.24, 2.45) is 5.92 Å². The number of nitrogens with zero attached hydrogens (tertiary/aromatic N) is 2. The first-order valence-electron chi connectivity index (χ1n) is 9.63. The minimum absolute atomic E-state index is 0.0602. The number of benzene rings is 1. The number of sulfonamides is 1. The topological polar surface area (TPSA) is 112 Å². The van der Waals surface area contributed by atoms with E-state index in [4.69, 9.17) is 16.7 Å². The fourth-order valence-electron chi connectivity index (χ4n) is 3.14. The van der Waals surface area contributed by atoms with E-state index in [0.717, 1.165) is 5.56 Å². The molecule has 1 aliphatic heterocycles. The maximum Gasteiger partial charge on any atom is 0.305 e. The van der Waals surface area contributed by atoms with E-state index in [9.17, 15) is 22.8 Å². The molecule has 1 heterocycles. The van der Waals surface area contributed by atoms with Crippen LogP contribution in [0.25, 0.3) is 0 Å². The van der Waals surface area contributed by atoms with Crippen LogP contribution in [0.3, 0.4) is 0 Å². The maximum absolute atomic E-state index is 13.3. The van der Waals surface area contributed by atoms with Crippen LogP contribution in [-0.4, -0.2) is 60.1 Å². The van der Waals surface area contributed by atoms with Gasteiger partial charge in [0.05, 0.1) is 17.2 Å². The smallest absolute Gasteiger partial charge is 0.305 e. The molecule has 1 atom stereocenters. The minimum Gasteiger partial charge on any atom is -0.481 e. The van der Waals surface area contributed by atoms with Gasteiger partial charge in [-0.05, 0) is 38.0 Å². The van der Waals surface area contributed by atoms with Crippen molar-refractivity contribution in [2.45, 2.75) is 26.7 Å². The Labute approximate surface area is 186 Å². The average Bonchev–Trinajstić information content (AvgIpc) is 2.82. The van der Waals surface area contributed by atoms with Gasteiger partial charge in [-0.25, -0.2) is 12.7 Å². The molecule has 0 saturated carbocycles. The molecule has 1 aliphatic rings. The number of hydrogen-bond acceptors (Lipinski definition) is 5. The van der Waals surface area contributed by atoms with E-state index in [2.05, 4.69) is 0 Å². The number of carbonyl (C=O) groups excluding carboxylic acids is 2. The Hall–Kier alpha value is -2.65. The molecule has 0 aliphatic carbocycles. The molecule has 1 unspecified atom stereocenters. The number of allylic oxidation sites excluding steroid dienone is 4. The summed E-state index contributed by atoms with van der Waals surface area (Å²) in [6.07, 6.45) is 2.57. The molecular weight excluding hydrogens is 444 g/mol. The van der Waals surface area contributed by atoms with Crippen molar-refractivity contribution < 1.29 is 27.9 Å². The second kappa shape index (κ2) is 10.6. The molecule has 10 heteroatoms. The molecule has 0 bridgehead atoms. The monoisotopic (exact) mass is 468 g/mol. The lowest BCUT2D eigenvalue weighted by molar-refractivity contribution is -0.138. The van der Waals surface area contributed by atoms with Crippen molar-refractivity contribution in [3.63, 3.8) is 0 Å². The zero-order chi connectivity index (χ0) is 23.2. The quantitative estimate of drug-likeness (QED) is 0.586. The van der Waals surface area contributed by atoms with Crippen LogP contribution in [0.5, 0.6) is 0 Å². The summed E-state index contributed by atoms with van der Waals surface area (Å²) in [5, 5.41) is 9.33. The highest BCUT2D eigenvalue weighted by atomic mass is 35.5. The highest BCUT2D eigenvalue weighted by molar-refractivity contribution is 7.93. The van der Waals surface area contributed by atoms with Gasteiger partial charge in [0.1, 0.15) is 6.54 Å². The third kappa shape index (κ3) is 6.67. The molecule has 1 saturated heterocycles. The van der Waals surface area contributed by atoms with Crippen molar-refractivity contribution >= 4 is 39.4 Å². The van der Waals surface area contributed by atoms with E-state index in [1.807, 2.05) is 6.07 Å². The fraction of sp³-hybridized carbons (Fsp3) is 0.381. The molecule has 0 radical (unpaired) electrons. The maximum atomic E-state index is 13.3. The van der Waals surface area contributed by atoms with Gasteiger partial charge in [0, 0.05) is 18.1 Å². The third-order valence-corrected chi connectivity index (χ3v) is 6.80. The molecule has 1 aromatic rings. The predicted molar refractivity (Wildman–Crippen MR) is 116 cm³/mol. The van der Waals surface area contributed by atoms with Crippen LogP contribution >= 0.6 is 11.6 Å². The fourth-order valence-corrected chi connectivity index (χ4v) is 4.46. The van der Waals surface area contributed by atoms with E-state index in [1.54, 1.807) is 31.2 Å². The molecule has 1 aromatic carbocycles. The van der Waals surface area contributed by atoms with Crippen molar-refractivity contribution in [1.29, 1.82) is 0 Å². The normalized spacial score (nSPS) is 18.9. The minimum atomic E-state index is -4.27. The van der Waals surface area contributed by atoms with Gasteiger partial charge in [0.15, 0.2) is 0 Å². The van der Waals surface area contributed by atoms with E-state index in [0.29, 0.717) is 9.34 Å². The van der Waals surface area contributed by atoms with Crippen LogP contribution in [0.4, 0.5) is 0 Å². The van der Waals surface area contributed by atoms with Crippen molar-refractivity contribution in [3.05, 3.63) is 58.0 Å². The van der Waals surface area contributed by atoms with Crippen LogP contribution in [0.2, 0.25) is 0 Å². The van der Waals surface area contributed by atoms with Crippen molar-refractivity contribution in [3.8, 4) is 0 Å². The van der Waals surface area contributed by atoms with Crippen LogP contribution in [0.1, 0.15) is 25.8 Å². The highest BCUT2D eigenvalue weighted by Crippen LogP contribution is 2.23. The lowest BCUT2D eigenvalue weighted by Crippen LogP contribution is -2.43. The summed E-state index contributed by atoms with van der Waals surface area (Å²) in [7, 11) is -4.27. The Morgan fingerprint density at radius 1 is 1.19 bits per heavy atom. The molecule has 0 aromatic heterocycles. The third-order valence-electron chi connectivity index (χ3n) is 4.83. The predicted octanol–water partition coefficient (Wildman–Crippen LogP) is 2.37. The second-order valence-corrected chi connectivity index (χ2v) is 9.88. The zero-order valence-corrected chi connectivity index (χ0v) is 18.9. The molecule has 0 spiro atoms. The zero-order valence-electron chi connectivity index (χ0n) is 17.3. The number of rotatable bonds is 8. The van der Waals surface area contributed by atoms with Crippen LogP contribution in [0.15, 0.2) is 52.4 Å². The summed E-state index contributed by atoms with van der Waals surface area (Å²) in [6.45, 7) is 2.05. The van der Waals surface area contributed by atoms with Gasteiger partial charge in [0.25, 0.3) is 10.0 Å². The number of carbonyl (C=O) groups is 3. The largest absolute Gasteiger partial charge is 0.481 e. The lowest BCUT2D eigenvalue weighted by Gasteiger charge is -2.23. The molecule has 168 valence electrons. The summed E-state index contributed by atoms with van der Waals surface area (Å²) in [5.41, 5.74) is 0.804. The first kappa shape index (κ1) is 24.6. The van der Waals surface area contributed by atoms with Crippen LogP contribution < -0.4 is 0 Å². The highest BCUT2D eigenvalue weighted by Gasteiger charge is 2.40. The first-order valence-corrected chi connectivity index (χ1v) is 11.4. The lowest BCUT2D eigenvalue weighted by atomic mass is 9.98. The van der Waals surface area contributed by atoms with Gasteiger partial charge in [-0.2, -0.15) is 0 Å². The van der Waals surface area contributed by atoms with E-state index < -0.39 is 40.3 Å². The average molecular weight is 469 g/mol. The Morgan fingerprint density at radius 3 is 2.42 bits per heavy atom. The Bertz CT molecular complexity index is 1000. The van der Waals surface area contributed by atoms with Gasteiger partial charge in [-0.3, -0.25) is 14.4 Å². The summed E-state index contributed by atoms with van der Waals surface area (Å²) in [6, 6.07) is 9.02. The number of amides is 2. The molecule has 31 heavy (non-hydrogen) atoms. The second-order valence-electron chi connectivity index (χ2n) is 7.25. The van der Waals surface area contributed by atoms with Gasteiger partial charge >= 0.3 is 5.97 Å². The summed E-state index contributed by atoms with van der Waals surface area (Å²) in [5.74, 6) is -3.25.